The van der Waals surface area contributed by atoms with Crippen LogP contribution in [-0.4, -0.2) is 71.9 Å². The molecule has 1 aromatic carbocycles. The molecule has 11 heteroatoms. The quantitative estimate of drug-likeness (QED) is 0.237. The van der Waals surface area contributed by atoms with Gasteiger partial charge in [0.05, 0.1) is 6.04 Å². The lowest BCUT2D eigenvalue weighted by Gasteiger charge is -2.35. The Bertz CT molecular complexity index is 1190. The first-order valence-corrected chi connectivity index (χ1v) is 15.8. The molecule has 3 rings (SSSR count). The monoisotopic (exact) mass is 611 g/mol. The lowest BCUT2D eigenvalue weighted by atomic mass is 9.91. The summed E-state index contributed by atoms with van der Waals surface area (Å²) in [7, 11) is 1.54. The molecule has 0 bridgehead atoms. The van der Waals surface area contributed by atoms with Gasteiger partial charge in [0.1, 0.15) is 12.1 Å². The molecule has 44 heavy (non-hydrogen) atoms. The number of benzene rings is 1. The number of Topliss-reactive ketones (excluding diaryl/α,β-unsaturated/α-hetero) is 1. The smallest absolute Gasteiger partial charge is 0.289 e. The van der Waals surface area contributed by atoms with Crippen molar-refractivity contribution in [3.05, 3.63) is 35.9 Å². The van der Waals surface area contributed by atoms with Gasteiger partial charge in [-0.3, -0.25) is 28.8 Å². The minimum atomic E-state index is -1.25. The summed E-state index contributed by atoms with van der Waals surface area (Å²) in [6.45, 7) is 7.83. The highest BCUT2D eigenvalue weighted by Gasteiger charge is 2.40. The van der Waals surface area contributed by atoms with Gasteiger partial charge in [-0.2, -0.15) is 0 Å². The van der Waals surface area contributed by atoms with E-state index in [2.05, 4.69) is 21.3 Å². The van der Waals surface area contributed by atoms with E-state index in [4.69, 9.17) is 0 Å². The molecular weight excluding hydrogens is 562 g/mol. The Morgan fingerprint density at radius 1 is 1.00 bits per heavy atom. The number of carbonyl (C=O) groups excluding carboxylic acids is 6. The number of nitrogens with one attached hydrogen (secondary N) is 4. The SMILES string of the molecule is CCC[C@@H](C(=O)N[C@@H](C[C@@H]1CCNC1=O)C(=O)C(=O)NCc1ccccc1)N(C)C(=O)[C@H](NC(=O)C(C)(C)C)C1CCCC1. The first-order chi connectivity index (χ1) is 20.8. The third-order valence-electron chi connectivity index (χ3n) is 8.62. The summed E-state index contributed by atoms with van der Waals surface area (Å²) in [5.41, 5.74) is 0.111. The van der Waals surface area contributed by atoms with E-state index in [1.165, 1.54) is 4.90 Å². The van der Waals surface area contributed by atoms with Crippen LogP contribution in [0.3, 0.4) is 0 Å². The molecule has 1 heterocycles. The van der Waals surface area contributed by atoms with Gasteiger partial charge in [-0.05, 0) is 43.6 Å². The van der Waals surface area contributed by atoms with Crippen molar-refractivity contribution < 1.29 is 28.8 Å². The summed E-state index contributed by atoms with van der Waals surface area (Å²) in [6.07, 6.45) is 4.87. The Labute approximate surface area is 260 Å². The molecule has 1 aromatic rings. The normalized spacial score (nSPS) is 18.9. The minimum Gasteiger partial charge on any atom is -0.356 e. The average molecular weight is 612 g/mol. The van der Waals surface area contributed by atoms with Gasteiger partial charge in [0, 0.05) is 31.5 Å². The fourth-order valence-corrected chi connectivity index (χ4v) is 5.85. The fourth-order valence-electron chi connectivity index (χ4n) is 5.85. The first-order valence-electron chi connectivity index (χ1n) is 15.8. The highest BCUT2D eigenvalue weighted by Crippen LogP contribution is 2.30. The van der Waals surface area contributed by atoms with Crippen molar-refractivity contribution in [3.63, 3.8) is 0 Å². The molecule has 4 atom stereocenters. The van der Waals surface area contributed by atoms with Crippen molar-refractivity contribution in [3.8, 4) is 0 Å². The zero-order valence-electron chi connectivity index (χ0n) is 26.7. The van der Waals surface area contributed by atoms with Crippen molar-refractivity contribution in [2.75, 3.05) is 13.6 Å². The average Bonchev–Trinajstić information content (AvgIpc) is 3.68. The summed E-state index contributed by atoms with van der Waals surface area (Å²) in [5.74, 6) is -3.69. The summed E-state index contributed by atoms with van der Waals surface area (Å²) < 4.78 is 0. The number of amides is 5. The van der Waals surface area contributed by atoms with Crippen LogP contribution in [-0.2, 0) is 35.3 Å². The topological polar surface area (TPSA) is 154 Å². The molecular formula is C33H49N5O6. The van der Waals surface area contributed by atoms with Crippen molar-refractivity contribution in [2.45, 2.75) is 104 Å². The van der Waals surface area contributed by atoms with Crippen molar-refractivity contribution in [1.29, 1.82) is 0 Å². The first kappa shape index (κ1) is 34.7. The number of likely N-dealkylation sites (N-methyl/N-ethyl adjacent to an activating group) is 1. The zero-order valence-corrected chi connectivity index (χ0v) is 26.7. The Morgan fingerprint density at radius 3 is 2.23 bits per heavy atom. The molecule has 1 saturated heterocycles. The van der Waals surface area contributed by atoms with Gasteiger partial charge in [0.25, 0.3) is 5.91 Å². The molecule has 0 aromatic heterocycles. The molecule has 5 amide bonds. The number of carbonyl (C=O) groups is 6. The molecule has 4 N–H and O–H groups in total. The summed E-state index contributed by atoms with van der Waals surface area (Å²) in [5, 5.41) is 11.0. The van der Waals surface area contributed by atoms with Crippen LogP contribution in [0, 0.1) is 17.3 Å². The van der Waals surface area contributed by atoms with Crippen molar-refractivity contribution >= 4 is 35.3 Å². The number of hydrogen-bond donors (Lipinski definition) is 4. The predicted octanol–water partition coefficient (Wildman–Crippen LogP) is 2.23. The Morgan fingerprint density at radius 2 is 1.66 bits per heavy atom. The Kier molecular flexibility index (Phi) is 12.5. The maximum atomic E-state index is 13.9. The second-order valence-electron chi connectivity index (χ2n) is 13.1. The molecule has 1 aliphatic heterocycles. The summed E-state index contributed by atoms with van der Waals surface area (Å²) in [6, 6.07) is 6.16. The van der Waals surface area contributed by atoms with Crippen LogP contribution in [0.2, 0.25) is 0 Å². The summed E-state index contributed by atoms with van der Waals surface area (Å²) in [4.78, 5) is 80.7. The molecule has 2 fully saturated rings. The zero-order chi connectivity index (χ0) is 32.4. The molecule has 11 nitrogen and oxygen atoms in total. The molecule has 1 saturated carbocycles. The van der Waals surface area contributed by atoms with E-state index in [0.29, 0.717) is 25.8 Å². The van der Waals surface area contributed by atoms with Crippen LogP contribution in [0.15, 0.2) is 30.3 Å². The third kappa shape index (κ3) is 9.37. The van der Waals surface area contributed by atoms with E-state index in [1.54, 1.807) is 27.8 Å². The van der Waals surface area contributed by atoms with Gasteiger partial charge >= 0.3 is 0 Å². The molecule has 0 spiro atoms. The van der Waals surface area contributed by atoms with Gasteiger partial charge in [0.2, 0.25) is 29.4 Å². The predicted molar refractivity (Wildman–Crippen MR) is 166 cm³/mol. The van der Waals surface area contributed by atoms with Crippen LogP contribution in [0.4, 0.5) is 0 Å². The number of ketones is 1. The minimum absolute atomic E-state index is 0.0298. The Hall–Kier alpha value is -3.76. The van der Waals surface area contributed by atoms with E-state index >= 15 is 0 Å². The van der Waals surface area contributed by atoms with Gasteiger partial charge in [0.15, 0.2) is 0 Å². The lowest BCUT2D eigenvalue weighted by molar-refractivity contribution is -0.145. The maximum absolute atomic E-state index is 13.9. The van der Waals surface area contributed by atoms with Crippen LogP contribution < -0.4 is 21.3 Å². The second-order valence-corrected chi connectivity index (χ2v) is 13.1. The molecule has 1 aliphatic carbocycles. The second kappa shape index (κ2) is 15.8. The van der Waals surface area contributed by atoms with E-state index < -0.39 is 47.1 Å². The number of nitrogens with zero attached hydrogens (tertiary/aromatic N) is 1. The number of rotatable bonds is 14. The Balaban J connectivity index is 1.79. The van der Waals surface area contributed by atoms with Gasteiger partial charge in [-0.25, -0.2) is 0 Å². The van der Waals surface area contributed by atoms with Gasteiger partial charge in [-0.15, -0.1) is 0 Å². The van der Waals surface area contributed by atoms with E-state index in [0.717, 1.165) is 31.2 Å². The van der Waals surface area contributed by atoms with Crippen LogP contribution in [0.1, 0.15) is 84.6 Å². The van der Waals surface area contributed by atoms with Crippen LogP contribution in [0.5, 0.6) is 0 Å². The van der Waals surface area contributed by atoms with Gasteiger partial charge in [-0.1, -0.05) is 77.3 Å². The van der Waals surface area contributed by atoms with E-state index in [-0.39, 0.29) is 36.6 Å². The van der Waals surface area contributed by atoms with Gasteiger partial charge < -0.3 is 26.2 Å². The summed E-state index contributed by atoms with van der Waals surface area (Å²) >= 11 is 0. The van der Waals surface area contributed by atoms with Crippen LogP contribution >= 0.6 is 0 Å². The van der Waals surface area contributed by atoms with E-state index in [9.17, 15) is 28.8 Å². The highest BCUT2D eigenvalue weighted by molar-refractivity contribution is 6.38. The molecule has 2 aliphatic rings. The molecule has 242 valence electrons. The maximum Gasteiger partial charge on any atom is 0.289 e. The largest absolute Gasteiger partial charge is 0.356 e. The van der Waals surface area contributed by atoms with Crippen molar-refractivity contribution in [2.24, 2.45) is 17.3 Å². The molecule has 0 radical (unpaired) electrons. The highest BCUT2D eigenvalue weighted by atomic mass is 16.2. The van der Waals surface area contributed by atoms with Crippen LogP contribution in [0.25, 0.3) is 0 Å². The standard InChI is InChI=1S/C33H49N5O6/c1-6-12-25(38(5)31(43)26(22-15-10-11-16-22)37-32(44)33(2,3)4)29(41)36-24(19-23-17-18-34-28(23)40)27(39)30(42)35-20-21-13-8-7-9-14-21/h7-9,13-14,22-26H,6,10-12,15-20H2,1-5H3,(H,34,40)(H,35,42)(H,36,41)(H,37,44)/t23-,24-,25-,26+/m0/s1. The molecule has 0 unspecified atom stereocenters. The number of hydrogen-bond acceptors (Lipinski definition) is 6. The van der Waals surface area contributed by atoms with Crippen molar-refractivity contribution in [1.82, 2.24) is 26.2 Å². The lowest BCUT2D eigenvalue weighted by Crippen LogP contribution is -2.59. The van der Waals surface area contributed by atoms with E-state index in [1.807, 2.05) is 37.3 Å². The third-order valence-corrected chi connectivity index (χ3v) is 8.62. The fraction of sp³-hybridized carbons (Fsp3) is 0.636.